The number of aliphatic imine (C=N–C) groups is 1. The van der Waals surface area contributed by atoms with Crippen LogP contribution in [0.2, 0.25) is 0 Å². The van der Waals surface area contributed by atoms with Crippen LogP contribution in [0.5, 0.6) is 11.5 Å². The highest BCUT2D eigenvalue weighted by Crippen LogP contribution is 2.39. The fraction of sp³-hybridized carbons (Fsp3) is 0.222. The molecule has 1 N–H and O–H groups in total. The average Bonchev–Trinajstić information content (AvgIpc) is 3.22. The molecule has 27 heavy (non-hydrogen) atoms. The number of thioether (sulfide) groups is 1. The molecule has 0 fully saturated rings. The number of fused-ring (bicyclic) bond motifs is 2. The van der Waals surface area contributed by atoms with Crippen molar-refractivity contribution in [2.24, 2.45) is 4.99 Å². The maximum absolute atomic E-state index is 12.5. The highest BCUT2D eigenvalue weighted by molar-refractivity contribution is 8.17. The number of rotatable bonds is 3. The smallest absolute Gasteiger partial charge is 0.356 e. The van der Waals surface area contributed by atoms with Crippen molar-refractivity contribution in [3.05, 3.63) is 39.9 Å². The van der Waals surface area contributed by atoms with Gasteiger partial charge in [0, 0.05) is 4.91 Å². The summed E-state index contributed by atoms with van der Waals surface area (Å²) in [5, 5.41) is 8.78. The summed E-state index contributed by atoms with van der Waals surface area (Å²) in [6.07, 6.45) is 1.55. The molecule has 0 aliphatic carbocycles. The molecular formula is C18H15N3O5S. The van der Waals surface area contributed by atoms with Gasteiger partial charge in [-0.2, -0.15) is 4.99 Å². The number of nitrogens with zero attached hydrogens (tertiary/aromatic N) is 2. The maximum Gasteiger partial charge on any atom is 0.356 e. The van der Waals surface area contributed by atoms with Crippen LogP contribution in [-0.4, -0.2) is 41.2 Å². The van der Waals surface area contributed by atoms with E-state index in [0.717, 1.165) is 0 Å². The van der Waals surface area contributed by atoms with E-state index in [1.54, 1.807) is 38.1 Å². The minimum absolute atomic E-state index is 0.0784. The number of hydrogen-bond acceptors (Lipinski definition) is 7. The zero-order chi connectivity index (χ0) is 19.1. The predicted molar refractivity (Wildman–Crippen MR) is 99.5 cm³/mol. The number of benzene rings is 1. The molecule has 0 radical (unpaired) electrons. The van der Waals surface area contributed by atoms with Crippen LogP contribution >= 0.6 is 11.8 Å². The largest absolute Gasteiger partial charge is 0.461 e. The Bertz CT molecular complexity index is 979. The Labute approximate surface area is 159 Å². The molecule has 9 heteroatoms. The van der Waals surface area contributed by atoms with E-state index >= 15 is 0 Å². The Morgan fingerprint density at radius 3 is 2.96 bits per heavy atom. The molecule has 0 unspecified atom stereocenters. The van der Waals surface area contributed by atoms with Gasteiger partial charge in [0.2, 0.25) is 6.79 Å². The first-order valence-corrected chi connectivity index (χ1v) is 9.00. The van der Waals surface area contributed by atoms with Crippen LogP contribution in [0.3, 0.4) is 0 Å². The van der Waals surface area contributed by atoms with Crippen LogP contribution in [0, 0.1) is 5.41 Å². The molecule has 3 aliphatic heterocycles. The van der Waals surface area contributed by atoms with Crippen LogP contribution in [0.1, 0.15) is 19.4 Å². The Morgan fingerprint density at radius 1 is 1.41 bits per heavy atom. The Hall–Kier alpha value is -3.07. The standard InChI is InChI=1S/C18H15N3O5S/c1-3-24-17(23)14-9(2)27-18-20-16(22)11(15(19)21(14)18)6-10-4-5-12-13(7-10)26-8-25-12/h4-7,19H,3,8H2,1-2H3. The number of hydrogen-bond donors (Lipinski definition) is 1. The molecule has 0 bridgehead atoms. The summed E-state index contributed by atoms with van der Waals surface area (Å²) in [6.45, 7) is 3.81. The Morgan fingerprint density at radius 2 is 2.19 bits per heavy atom. The fourth-order valence-electron chi connectivity index (χ4n) is 2.87. The molecule has 1 amide bonds. The van der Waals surface area contributed by atoms with Crippen molar-refractivity contribution in [2.75, 3.05) is 13.4 Å². The van der Waals surface area contributed by atoms with Crippen molar-refractivity contribution in [3.8, 4) is 11.5 Å². The fourth-order valence-corrected chi connectivity index (χ4v) is 3.81. The lowest BCUT2D eigenvalue weighted by molar-refractivity contribution is -0.139. The molecule has 0 saturated carbocycles. The van der Waals surface area contributed by atoms with E-state index in [4.69, 9.17) is 19.6 Å². The van der Waals surface area contributed by atoms with E-state index in [1.807, 2.05) is 0 Å². The zero-order valence-electron chi connectivity index (χ0n) is 14.6. The van der Waals surface area contributed by atoms with Gasteiger partial charge in [0.15, 0.2) is 16.7 Å². The maximum atomic E-state index is 12.5. The molecule has 3 aliphatic rings. The van der Waals surface area contributed by atoms with Gasteiger partial charge in [0.25, 0.3) is 5.91 Å². The summed E-state index contributed by atoms with van der Waals surface area (Å²) >= 11 is 1.17. The molecule has 8 nitrogen and oxygen atoms in total. The number of carbonyl (C=O) groups excluding carboxylic acids is 2. The lowest BCUT2D eigenvalue weighted by Gasteiger charge is -2.25. The third-order valence-electron chi connectivity index (χ3n) is 4.08. The van der Waals surface area contributed by atoms with Crippen molar-refractivity contribution < 1.29 is 23.8 Å². The van der Waals surface area contributed by atoms with Gasteiger partial charge in [-0.05, 0) is 37.6 Å². The summed E-state index contributed by atoms with van der Waals surface area (Å²) in [4.78, 5) is 30.8. The van der Waals surface area contributed by atoms with E-state index in [0.29, 0.717) is 22.0 Å². The molecule has 1 aromatic carbocycles. The number of esters is 1. The van der Waals surface area contributed by atoms with E-state index in [1.165, 1.54) is 16.7 Å². The number of carbonyl (C=O) groups is 2. The van der Waals surface area contributed by atoms with Crippen molar-refractivity contribution in [2.45, 2.75) is 13.8 Å². The third-order valence-corrected chi connectivity index (χ3v) is 5.03. The second-order valence-corrected chi connectivity index (χ2v) is 6.96. The van der Waals surface area contributed by atoms with Crippen LogP contribution in [0.25, 0.3) is 6.08 Å². The highest BCUT2D eigenvalue weighted by atomic mass is 32.2. The van der Waals surface area contributed by atoms with Gasteiger partial charge in [0.05, 0.1) is 12.2 Å². The topological polar surface area (TPSA) is 101 Å². The lowest BCUT2D eigenvalue weighted by Crippen LogP contribution is -2.40. The molecule has 138 valence electrons. The molecule has 4 rings (SSSR count). The van der Waals surface area contributed by atoms with Gasteiger partial charge in [-0.1, -0.05) is 17.8 Å². The van der Waals surface area contributed by atoms with Crippen LogP contribution in [0.15, 0.2) is 39.4 Å². The SMILES string of the molecule is CCOC(=O)C1=C(C)SC2=NC(=O)C(=Cc3ccc4c(c3)OCO4)C(=N)N21. The van der Waals surface area contributed by atoms with Crippen LogP contribution < -0.4 is 9.47 Å². The molecule has 3 heterocycles. The summed E-state index contributed by atoms with van der Waals surface area (Å²) < 4.78 is 15.7. The summed E-state index contributed by atoms with van der Waals surface area (Å²) in [7, 11) is 0. The number of ether oxygens (including phenoxy) is 3. The molecule has 0 aromatic heterocycles. The Balaban J connectivity index is 1.71. The number of amidine groups is 2. The van der Waals surface area contributed by atoms with Crippen molar-refractivity contribution in [1.82, 2.24) is 4.90 Å². The van der Waals surface area contributed by atoms with E-state index in [-0.39, 0.29) is 35.7 Å². The highest BCUT2D eigenvalue weighted by Gasteiger charge is 2.41. The van der Waals surface area contributed by atoms with Crippen LogP contribution in [-0.2, 0) is 14.3 Å². The van der Waals surface area contributed by atoms with Gasteiger partial charge in [-0.3, -0.25) is 15.1 Å². The van der Waals surface area contributed by atoms with Gasteiger partial charge in [-0.15, -0.1) is 0 Å². The van der Waals surface area contributed by atoms with Crippen molar-refractivity contribution >= 4 is 40.7 Å². The monoisotopic (exact) mass is 385 g/mol. The molecular weight excluding hydrogens is 370 g/mol. The summed E-state index contributed by atoms with van der Waals surface area (Å²) in [6, 6.07) is 5.22. The van der Waals surface area contributed by atoms with Gasteiger partial charge >= 0.3 is 5.97 Å². The molecule has 0 saturated heterocycles. The first-order chi connectivity index (χ1) is 13.0. The van der Waals surface area contributed by atoms with Gasteiger partial charge in [-0.25, -0.2) is 4.79 Å². The normalized spacial score (nSPS) is 19.6. The van der Waals surface area contributed by atoms with Crippen molar-refractivity contribution in [3.63, 3.8) is 0 Å². The van der Waals surface area contributed by atoms with Crippen LogP contribution in [0.4, 0.5) is 0 Å². The first kappa shape index (κ1) is 17.3. The lowest BCUT2D eigenvalue weighted by atomic mass is 10.1. The van der Waals surface area contributed by atoms with E-state index in [2.05, 4.69) is 4.99 Å². The molecule has 0 spiro atoms. The third kappa shape index (κ3) is 2.89. The molecule has 0 atom stereocenters. The Kier molecular flexibility index (Phi) is 4.23. The average molecular weight is 385 g/mol. The van der Waals surface area contributed by atoms with Gasteiger partial charge in [0.1, 0.15) is 11.5 Å². The minimum atomic E-state index is -0.547. The zero-order valence-corrected chi connectivity index (χ0v) is 15.4. The second-order valence-electron chi connectivity index (χ2n) is 5.78. The predicted octanol–water partition coefficient (Wildman–Crippen LogP) is 2.52. The quantitative estimate of drug-likeness (QED) is 0.630. The minimum Gasteiger partial charge on any atom is -0.461 e. The second kappa shape index (κ2) is 6.58. The van der Waals surface area contributed by atoms with E-state index < -0.39 is 11.9 Å². The number of amides is 1. The number of nitrogens with one attached hydrogen (secondary N) is 1. The summed E-state index contributed by atoms with van der Waals surface area (Å²) in [5.74, 6) is 0.00300. The number of allylic oxidation sites excluding steroid dienone is 1. The summed E-state index contributed by atoms with van der Waals surface area (Å²) in [5.41, 5.74) is 0.959. The van der Waals surface area contributed by atoms with Crippen molar-refractivity contribution in [1.29, 1.82) is 5.41 Å². The van der Waals surface area contributed by atoms with E-state index in [9.17, 15) is 9.59 Å². The van der Waals surface area contributed by atoms with Gasteiger partial charge < -0.3 is 14.2 Å². The molecule has 1 aromatic rings. The first-order valence-electron chi connectivity index (χ1n) is 8.19.